The van der Waals surface area contributed by atoms with Gasteiger partial charge in [0, 0.05) is 5.39 Å². The summed E-state index contributed by atoms with van der Waals surface area (Å²) < 4.78 is 18.6. The minimum Gasteiger partial charge on any atom is -0.368 e. The fraction of sp³-hybridized carbons (Fsp3) is 0.167. The second-order valence-electron chi connectivity index (χ2n) is 3.50. The monoisotopic (exact) mass is 188 g/mol. The van der Waals surface area contributed by atoms with Gasteiger partial charge in [-0.1, -0.05) is 30.3 Å². The molecule has 0 bridgehead atoms. The van der Waals surface area contributed by atoms with Crippen LogP contribution in [0.25, 0.3) is 10.8 Å². The van der Waals surface area contributed by atoms with E-state index in [2.05, 4.69) is 0 Å². The van der Waals surface area contributed by atoms with Gasteiger partial charge >= 0.3 is 0 Å². The Morgan fingerprint density at radius 2 is 1.79 bits per heavy atom. The highest BCUT2D eigenvalue weighted by Crippen LogP contribution is 2.35. The van der Waals surface area contributed by atoms with Gasteiger partial charge in [0.1, 0.15) is 11.9 Å². The average molecular weight is 188 g/mol. The van der Waals surface area contributed by atoms with Crippen molar-refractivity contribution in [1.82, 2.24) is 0 Å². The Labute approximate surface area is 81.1 Å². The quantitative estimate of drug-likeness (QED) is 0.626. The van der Waals surface area contributed by atoms with Crippen LogP contribution in [0.3, 0.4) is 0 Å². The van der Waals surface area contributed by atoms with E-state index in [9.17, 15) is 4.39 Å². The van der Waals surface area contributed by atoms with Gasteiger partial charge in [-0.05, 0) is 17.0 Å². The summed E-state index contributed by atoms with van der Waals surface area (Å²) in [5.41, 5.74) is 1.10. The van der Waals surface area contributed by atoms with Gasteiger partial charge in [-0.25, -0.2) is 4.39 Å². The van der Waals surface area contributed by atoms with Crippen molar-refractivity contribution < 1.29 is 9.13 Å². The van der Waals surface area contributed by atoms with E-state index in [1.807, 2.05) is 24.3 Å². The molecule has 1 fully saturated rings. The van der Waals surface area contributed by atoms with Gasteiger partial charge in [0.15, 0.2) is 0 Å². The topological polar surface area (TPSA) is 12.5 Å². The van der Waals surface area contributed by atoms with Crippen LogP contribution in [0.5, 0.6) is 0 Å². The zero-order valence-corrected chi connectivity index (χ0v) is 7.53. The molecule has 1 atom stereocenters. The summed E-state index contributed by atoms with van der Waals surface area (Å²) in [6.45, 7) is 0.760. The molecule has 2 heteroatoms. The number of epoxide rings is 1. The van der Waals surface area contributed by atoms with Crippen molar-refractivity contribution in [3.8, 4) is 0 Å². The van der Waals surface area contributed by atoms with E-state index in [4.69, 9.17) is 4.74 Å². The van der Waals surface area contributed by atoms with E-state index in [0.717, 1.165) is 17.6 Å². The maximum Gasteiger partial charge on any atom is 0.131 e. The largest absolute Gasteiger partial charge is 0.368 e. The molecule has 0 N–H and O–H groups in total. The maximum absolute atomic E-state index is 13.4. The van der Waals surface area contributed by atoms with E-state index in [0.29, 0.717) is 5.39 Å². The molecular formula is C12H9FO. The van der Waals surface area contributed by atoms with Gasteiger partial charge in [0.25, 0.3) is 0 Å². The zero-order valence-electron chi connectivity index (χ0n) is 7.53. The average Bonchev–Trinajstić information content (AvgIpc) is 3.03. The smallest absolute Gasteiger partial charge is 0.131 e. The van der Waals surface area contributed by atoms with Crippen molar-refractivity contribution in [1.29, 1.82) is 0 Å². The molecule has 1 aliphatic rings. The number of halogens is 1. The summed E-state index contributed by atoms with van der Waals surface area (Å²) in [5.74, 6) is -0.162. The number of hydrogen-bond donors (Lipinski definition) is 0. The van der Waals surface area contributed by atoms with Crippen molar-refractivity contribution in [2.75, 3.05) is 6.61 Å². The van der Waals surface area contributed by atoms with Crippen LogP contribution < -0.4 is 0 Å². The first-order valence-electron chi connectivity index (χ1n) is 4.65. The third-order valence-electron chi connectivity index (χ3n) is 2.58. The molecule has 1 heterocycles. The van der Waals surface area contributed by atoms with Crippen molar-refractivity contribution in [3.05, 3.63) is 47.8 Å². The molecule has 1 nitrogen and oxygen atoms in total. The van der Waals surface area contributed by atoms with E-state index in [1.165, 1.54) is 6.07 Å². The second-order valence-corrected chi connectivity index (χ2v) is 3.50. The first kappa shape index (κ1) is 7.94. The van der Waals surface area contributed by atoms with Crippen LogP contribution in [-0.4, -0.2) is 6.61 Å². The predicted molar refractivity (Wildman–Crippen MR) is 52.6 cm³/mol. The maximum atomic E-state index is 13.4. The van der Waals surface area contributed by atoms with Crippen LogP contribution in [-0.2, 0) is 4.74 Å². The SMILES string of the molecule is Fc1ccc([C@H]2CO2)c2ccccc12. The van der Waals surface area contributed by atoms with Crippen LogP contribution >= 0.6 is 0 Å². The summed E-state index contributed by atoms with van der Waals surface area (Å²) in [6, 6.07) is 10.8. The molecule has 1 saturated heterocycles. The normalized spacial score (nSPS) is 19.9. The fourth-order valence-electron chi connectivity index (χ4n) is 1.79. The van der Waals surface area contributed by atoms with Crippen molar-refractivity contribution in [3.63, 3.8) is 0 Å². The third-order valence-corrected chi connectivity index (χ3v) is 2.58. The molecule has 0 radical (unpaired) electrons. The minimum absolute atomic E-state index is 0.162. The lowest BCUT2D eigenvalue weighted by Crippen LogP contribution is -1.86. The molecule has 2 aromatic carbocycles. The fourth-order valence-corrected chi connectivity index (χ4v) is 1.79. The van der Waals surface area contributed by atoms with E-state index < -0.39 is 0 Å². The van der Waals surface area contributed by atoms with Crippen LogP contribution in [0.2, 0.25) is 0 Å². The highest BCUT2D eigenvalue weighted by molar-refractivity contribution is 5.86. The lowest BCUT2D eigenvalue weighted by Gasteiger charge is -2.04. The van der Waals surface area contributed by atoms with Crippen molar-refractivity contribution >= 4 is 10.8 Å². The summed E-state index contributed by atoms with van der Waals surface area (Å²) in [6.07, 6.45) is 0.181. The Hall–Kier alpha value is -1.41. The Balaban J connectivity index is 2.35. The molecule has 0 amide bonds. The molecular weight excluding hydrogens is 179 g/mol. The number of benzene rings is 2. The molecule has 2 aromatic rings. The number of hydrogen-bond acceptors (Lipinski definition) is 1. The third kappa shape index (κ3) is 1.11. The van der Waals surface area contributed by atoms with E-state index >= 15 is 0 Å². The van der Waals surface area contributed by atoms with Gasteiger partial charge in [-0.3, -0.25) is 0 Å². The number of fused-ring (bicyclic) bond motifs is 1. The van der Waals surface area contributed by atoms with Gasteiger partial charge in [-0.2, -0.15) is 0 Å². The summed E-state index contributed by atoms with van der Waals surface area (Å²) in [4.78, 5) is 0. The molecule has 0 spiro atoms. The molecule has 0 unspecified atom stereocenters. The standard InChI is InChI=1S/C12H9FO/c13-11-6-5-10(12-7-14-12)8-3-1-2-4-9(8)11/h1-6,12H,7H2/t12-/m1/s1. The van der Waals surface area contributed by atoms with Crippen LogP contribution in [0.15, 0.2) is 36.4 Å². The molecule has 0 aliphatic carbocycles. The predicted octanol–water partition coefficient (Wildman–Crippen LogP) is 3.05. The Morgan fingerprint density at radius 1 is 1.07 bits per heavy atom. The summed E-state index contributed by atoms with van der Waals surface area (Å²) >= 11 is 0. The van der Waals surface area contributed by atoms with Gasteiger partial charge in [0.2, 0.25) is 0 Å². The van der Waals surface area contributed by atoms with E-state index in [-0.39, 0.29) is 11.9 Å². The minimum atomic E-state index is -0.162. The van der Waals surface area contributed by atoms with Crippen LogP contribution in [0.1, 0.15) is 11.7 Å². The summed E-state index contributed by atoms with van der Waals surface area (Å²) in [5, 5.41) is 1.65. The molecule has 3 rings (SSSR count). The Bertz CT molecular complexity index is 489. The van der Waals surface area contributed by atoms with E-state index in [1.54, 1.807) is 6.07 Å². The molecule has 0 saturated carbocycles. The molecule has 1 aliphatic heterocycles. The van der Waals surface area contributed by atoms with Crippen molar-refractivity contribution in [2.45, 2.75) is 6.10 Å². The van der Waals surface area contributed by atoms with Crippen LogP contribution in [0, 0.1) is 5.82 Å². The molecule has 0 aromatic heterocycles. The molecule has 14 heavy (non-hydrogen) atoms. The summed E-state index contributed by atoms with van der Waals surface area (Å²) in [7, 11) is 0. The Kier molecular flexibility index (Phi) is 1.58. The number of rotatable bonds is 1. The van der Waals surface area contributed by atoms with Gasteiger partial charge in [0.05, 0.1) is 6.61 Å². The highest BCUT2D eigenvalue weighted by Gasteiger charge is 2.26. The number of ether oxygens (including phenoxy) is 1. The van der Waals surface area contributed by atoms with Gasteiger partial charge in [-0.15, -0.1) is 0 Å². The van der Waals surface area contributed by atoms with Gasteiger partial charge < -0.3 is 4.74 Å². The first-order chi connectivity index (χ1) is 6.86. The Morgan fingerprint density at radius 3 is 2.50 bits per heavy atom. The first-order valence-corrected chi connectivity index (χ1v) is 4.65. The lowest BCUT2D eigenvalue weighted by atomic mass is 10.0. The molecule has 70 valence electrons. The van der Waals surface area contributed by atoms with Crippen LogP contribution in [0.4, 0.5) is 4.39 Å². The second kappa shape index (κ2) is 2.79. The lowest BCUT2D eigenvalue weighted by molar-refractivity contribution is 0.416. The highest BCUT2D eigenvalue weighted by atomic mass is 19.1. The van der Waals surface area contributed by atoms with Crippen molar-refractivity contribution in [2.24, 2.45) is 0 Å². The zero-order chi connectivity index (χ0) is 9.54.